The summed E-state index contributed by atoms with van der Waals surface area (Å²) in [6.07, 6.45) is 1.61. The quantitative estimate of drug-likeness (QED) is 0.506. The van der Waals surface area contributed by atoms with E-state index in [1.807, 2.05) is 0 Å². The zero-order valence-electron chi connectivity index (χ0n) is 20.8. The summed E-state index contributed by atoms with van der Waals surface area (Å²) in [5.41, 5.74) is 0.900. The Kier molecular flexibility index (Phi) is 7.34. The number of anilines is 1. The van der Waals surface area contributed by atoms with Crippen molar-refractivity contribution in [2.45, 2.75) is 17.4 Å². The third-order valence-electron chi connectivity index (χ3n) is 6.55. The van der Waals surface area contributed by atoms with Crippen LogP contribution in [0.2, 0.25) is 0 Å². The number of aromatic nitrogens is 1. The van der Waals surface area contributed by atoms with Gasteiger partial charge in [0.1, 0.15) is 16.7 Å². The van der Waals surface area contributed by atoms with Crippen LogP contribution in [0.3, 0.4) is 0 Å². The van der Waals surface area contributed by atoms with E-state index < -0.39 is 16.1 Å². The van der Waals surface area contributed by atoms with Crippen molar-refractivity contribution in [3.63, 3.8) is 0 Å². The highest BCUT2D eigenvalue weighted by Gasteiger charge is 2.29. The Morgan fingerprint density at radius 1 is 1.05 bits per heavy atom. The van der Waals surface area contributed by atoms with E-state index in [0.29, 0.717) is 62.3 Å². The van der Waals surface area contributed by atoms with Crippen LogP contribution in [-0.4, -0.2) is 87.8 Å². The molecule has 3 aromatic rings. The van der Waals surface area contributed by atoms with Crippen LogP contribution >= 0.6 is 0 Å². The molecule has 11 nitrogen and oxygen atoms in total. The second-order valence-corrected chi connectivity index (χ2v) is 10.7. The van der Waals surface area contributed by atoms with Gasteiger partial charge in [-0.3, -0.25) is 14.5 Å². The molecule has 0 saturated carbocycles. The first-order valence-corrected chi connectivity index (χ1v) is 13.7. The smallest absolute Gasteiger partial charge is 0.410 e. The number of methoxy groups -OCH3 is 1. The SMILES string of the molecule is COc1cc(NS(=O)(=O)c2cccc3cccnc23)ccc1C(=O)N1CCN(C(=O)OC2CCOC2)CC1. The van der Waals surface area contributed by atoms with Crippen LogP contribution in [0, 0.1) is 0 Å². The molecule has 5 rings (SSSR count). The molecule has 2 aliphatic rings. The topological polar surface area (TPSA) is 127 Å². The fourth-order valence-electron chi connectivity index (χ4n) is 4.52. The van der Waals surface area contributed by atoms with Crippen LogP contribution in [-0.2, 0) is 19.5 Å². The monoisotopic (exact) mass is 540 g/mol. The maximum Gasteiger partial charge on any atom is 0.410 e. The van der Waals surface area contributed by atoms with E-state index in [1.165, 1.54) is 37.6 Å². The maximum atomic E-state index is 13.2. The number of amides is 2. The zero-order valence-corrected chi connectivity index (χ0v) is 21.6. The number of ether oxygens (including phenoxy) is 3. The van der Waals surface area contributed by atoms with E-state index in [2.05, 4.69) is 9.71 Å². The minimum atomic E-state index is -3.96. The average Bonchev–Trinajstić information content (AvgIpc) is 3.45. The number of pyridine rings is 1. The lowest BCUT2D eigenvalue weighted by atomic mass is 10.1. The first-order valence-electron chi connectivity index (χ1n) is 12.2. The van der Waals surface area contributed by atoms with Crippen LogP contribution in [0.25, 0.3) is 10.9 Å². The molecule has 2 aromatic carbocycles. The number of hydrogen-bond acceptors (Lipinski definition) is 8. The molecule has 1 aromatic heterocycles. The number of carbonyl (C=O) groups excluding carboxylic acids is 2. The van der Waals surface area contributed by atoms with Crippen molar-refractivity contribution in [2.24, 2.45) is 0 Å². The second-order valence-electron chi connectivity index (χ2n) is 9.00. The van der Waals surface area contributed by atoms with Crippen molar-refractivity contribution < 1.29 is 32.2 Å². The molecule has 2 fully saturated rings. The van der Waals surface area contributed by atoms with E-state index in [0.717, 1.165) is 0 Å². The number of benzene rings is 2. The number of rotatable bonds is 6. The lowest BCUT2D eigenvalue weighted by molar-refractivity contribution is 0.0369. The Balaban J connectivity index is 1.26. The largest absolute Gasteiger partial charge is 0.496 e. The minimum absolute atomic E-state index is 0.0478. The summed E-state index contributed by atoms with van der Waals surface area (Å²) in [6, 6.07) is 13.0. The zero-order chi connectivity index (χ0) is 26.7. The summed E-state index contributed by atoms with van der Waals surface area (Å²) in [4.78, 5) is 33.1. The van der Waals surface area contributed by atoms with Crippen molar-refractivity contribution in [2.75, 3.05) is 51.2 Å². The lowest BCUT2D eigenvalue weighted by Gasteiger charge is -2.34. The number of para-hydroxylation sites is 1. The Bertz CT molecular complexity index is 1440. The van der Waals surface area contributed by atoms with Gasteiger partial charge < -0.3 is 24.0 Å². The van der Waals surface area contributed by atoms with E-state index in [-0.39, 0.29) is 28.3 Å². The minimum Gasteiger partial charge on any atom is -0.496 e. The molecule has 3 heterocycles. The van der Waals surface area contributed by atoms with E-state index in [9.17, 15) is 18.0 Å². The number of piperazine rings is 1. The van der Waals surface area contributed by atoms with Gasteiger partial charge in [0.05, 0.1) is 37.1 Å². The fourth-order valence-corrected chi connectivity index (χ4v) is 5.75. The third-order valence-corrected chi connectivity index (χ3v) is 7.96. The molecule has 2 saturated heterocycles. The summed E-state index contributed by atoms with van der Waals surface area (Å²) in [5.74, 6) is -0.0407. The van der Waals surface area contributed by atoms with Crippen LogP contribution in [0.1, 0.15) is 16.8 Å². The van der Waals surface area contributed by atoms with Gasteiger partial charge in [0.2, 0.25) is 0 Å². The molecule has 0 bridgehead atoms. The van der Waals surface area contributed by atoms with Crippen LogP contribution < -0.4 is 9.46 Å². The Morgan fingerprint density at radius 2 is 1.82 bits per heavy atom. The van der Waals surface area contributed by atoms with Gasteiger partial charge in [0.15, 0.2) is 0 Å². The standard InChI is InChI=1S/C26H28N4O7S/c1-35-22-16-19(28-38(33,34)23-6-2-4-18-5-3-10-27-24(18)23)7-8-21(22)25(31)29-11-13-30(14-12-29)26(32)37-20-9-15-36-17-20/h2-8,10,16,20,28H,9,11-15,17H2,1H3. The number of hydrogen-bond donors (Lipinski definition) is 1. The van der Waals surface area contributed by atoms with Crippen molar-refractivity contribution >= 4 is 38.6 Å². The van der Waals surface area contributed by atoms with Gasteiger partial charge in [-0.1, -0.05) is 18.2 Å². The van der Waals surface area contributed by atoms with E-state index in [1.54, 1.807) is 34.1 Å². The predicted octanol–water partition coefficient (Wildman–Crippen LogP) is 2.73. The van der Waals surface area contributed by atoms with Crippen LogP contribution in [0.5, 0.6) is 5.75 Å². The summed E-state index contributed by atoms with van der Waals surface area (Å²) < 4.78 is 45.0. The van der Waals surface area contributed by atoms with E-state index in [4.69, 9.17) is 14.2 Å². The number of carbonyl (C=O) groups is 2. The highest BCUT2D eigenvalue weighted by Crippen LogP contribution is 2.28. The fraction of sp³-hybridized carbons (Fsp3) is 0.346. The van der Waals surface area contributed by atoms with Crippen molar-refractivity contribution in [3.8, 4) is 5.75 Å². The first-order chi connectivity index (χ1) is 18.4. The van der Waals surface area contributed by atoms with Crippen molar-refractivity contribution in [3.05, 3.63) is 60.3 Å². The number of fused-ring (bicyclic) bond motifs is 1. The van der Waals surface area contributed by atoms with Gasteiger partial charge in [0.25, 0.3) is 15.9 Å². The second kappa shape index (κ2) is 10.8. The molecule has 0 aliphatic carbocycles. The Labute approximate surface area is 220 Å². The first kappa shape index (κ1) is 25.7. The molecule has 0 spiro atoms. The molecule has 1 atom stereocenters. The molecule has 38 heavy (non-hydrogen) atoms. The number of nitrogens with zero attached hydrogens (tertiary/aromatic N) is 3. The van der Waals surface area contributed by atoms with Gasteiger partial charge >= 0.3 is 6.09 Å². The number of sulfonamides is 1. The third kappa shape index (κ3) is 5.36. The molecule has 2 aliphatic heterocycles. The summed E-state index contributed by atoms with van der Waals surface area (Å²) in [6.45, 7) is 2.36. The highest BCUT2D eigenvalue weighted by molar-refractivity contribution is 7.93. The lowest BCUT2D eigenvalue weighted by Crippen LogP contribution is -2.51. The van der Waals surface area contributed by atoms with E-state index >= 15 is 0 Å². The van der Waals surface area contributed by atoms with Crippen LogP contribution in [0.15, 0.2) is 59.6 Å². The molecule has 1 unspecified atom stereocenters. The normalized spacial score (nSPS) is 17.9. The molecule has 12 heteroatoms. The molecular formula is C26H28N4O7S. The molecule has 0 radical (unpaired) electrons. The van der Waals surface area contributed by atoms with Gasteiger partial charge in [-0.15, -0.1) is 0 Å². The van der Waals surface area contributed by atoms with Crippen molar-refractivity contribution in [1.82, 2.24) is 14.8 Å². The van der Waals surface area contributed by atoms with Crippen molar-refractivity contribution in [1.29, 1.82) is 0 Å². The van der Waals surface area contributed by atoms with Gasteiger partial charge in [-0.05, 0) is 24.3 Å². The molecule has 2 amide bonds. The molecular weight excluding hydrogens is 512 g/mol. The molecule has 200 valence electrons. The van der Waals surface area contributed by atoms with Crippen LogP contribution in [0.4, 0.5) is 10.5 Å². The predicted molar refractivity (Wildman–Crippen MR) is 139 cm³/mol. The van der Waals surface area contributed by atoms with Gasteiger partial charge in [0, 0.05) is 50.2 Å². The Morgan fingerprint density at radius 3 is 2.55 bits per heavy atom. The molecule has 1 N–H and O–H groups in total. The van der Waals surface area contributed by atoms with Gasteiger partial charge in [-0.25, -0.2) is 13.2 Å². The average molecular weight is 541 g/mol. The maximum absolute atomic E-state index is 13.2. The van der Waals surface area contributed by atoms with Gasteiger partial charge in [-0.2, -0.15) is 0 Å². The summed E-state index contributed by atoms with van der Waals surface area (Å²) in [5, 5.41) is 0.704. The Hall–Kier alpha value is -3.90. The summed E-state index contributed by atoms with van der Waals surface area (Å²) in [7, 11) is -2.55. The highest BCUT2D eigenvalue weighted by atomic mass is 32.2. The summed E-state index contributed by atoms with van der Waals surface area (Å²) >= 11 is 0. The number of nitrogens with one attached hydrogen (secondary N) is 1.